The Balaban J connectivity index is 3.91. The van der Waals surface area contributed by atoms with Gasteiger partial charge in [0, 0.05) is 10.4 Å². The van der Waals surface area contributed by atoms with E-state index in [1.54, 1.807) is 0 Å². The SMILES string of the molecule is C=C(C(=O)OC)C(Br)CCC. The molecule has 0 aliphatic rings. The lowest BCUT2D eigenvalue weighted by atomic mass is 10.1. The number of carbonyl (C=O) groups excluding carboxylic acids is 1. The van der Waals surface area contributed by atoms with Gasteiger partial charge in [-0.2, -0.15) is 0 Å². The van der Waals surface area contributed by atoms with Crippen molar-refractivity contribution in [3.8, 4) is 0 Å². The van der Waals surface area contributed by atoms with Crippen LogP contribution in [0.15, 0.2) is 12.2 Å². The van der Waals surface area contributed by atoms with Gasteiger partial charge in [0.25, 0.3) is 0 Å². The Morgan fingerprint density at radius 1 is 1.73 bits per heavy atom. The van der Waals surface area contributed by atoms with Crippen LogP contribution < -0.4 is 0 Å². The minimum Gasteiger partial charge on any atom is -0.466 e. The quantitative estimate of drug-likeness (QED) is 0.413. The number of ether oxygens (including phenoxy) is 1. The lowest BCUT2D eigenvalue weighted by molar-refractivity contribution is -0.136. The Bertz CT molecular complexity index is 154. The van der Waals surface area contributed by atoms with Gasteiger partial charge in [0.2, 0.25) is 0 Å². The fourth-order valence-corrected chi connectivity index (χ4v) is 1.33. The van der Waals surface area contributed by atoms with Crippen LogP contribution in [0, 0.1) is 0 Å². The average molecular weight is 221 g/mol. The second-order valence-electron chi connectivity index (χ2n) is 2.27. The van der Waals surface area contributed by atoms with Crippen molar-refractivity contribution < 1.29 is 9.53 Å². The molecule has 1 atom stereocenters. The molecule has 11 heavy (non-hydrogen) atoms. The Labute approximate surface area is 75.7 Å². The first-order valence-electron chi connectivity index (χ1n) is 3.54. The zero-order valence-corrected chi connectivity index (χ0v) is 8.48. The van der Waals surface area contributed by atoms with Gasteiger partial charge < -0.3 is 4.74 Å². The monoisotopic (exact) mass is 220 g/mol. The van der Waals surface area contributed by atoms with Crippen molar-refractivity contribution in [2.45, 2.75) is 24.6 Å². The van der Waals surface area contributed by atoms with Crippen molar-refractivity contribution in [1.29, 1.82) is 0 Å². The number of halogens is 1. The summed E-state index contributed by atoms with van der Waals surface area (Å²) < 4.78 is 4.51. The van der Waals surface area contributed by atoms with Crippen molar-refractivity contribution in [1.82, 2.24) is 0 Å². The first kappa shape index (κ1) is 10.7. The van der Waals surface area contributed by atoms with E-state index in [-0.39, 0.29) is 10.8 Å². The molecule has 0 aromatic rings. The zero-order valence-electron chi connectivity index (χ0n) is 6.89. The third-order valence-electron chi connectivity index (χ3n) is 1.37. The number of rotatable bonds is 4. The van der Waals surface area contributed by atoms with Crippen LogP contribution >= 0.6 is 15.9 Å². The molecule has 0 aliphatic carbocycles. The predicted molar refractivity (Wildman–Crippen MR) is 48.8 cm³/mol. The summed E-state index contributed by atoms with van der Waals surface area (Å²) in [7, 11) is 1.36. The summed E-state index contributed by atoms with van der Waals surface area (Å²) in [5, 5.41) is 0. The van der Waals surface area contributed by atoms with E-state index in [2.05, 4.69) is 34.2 Å². The molecule has 0 fully saturated rings. The molecular formula is C8H13BrO2. The van der Waals surface area contributed by atoms with Crippen molar-refractivity contribution in [2.75, 3.05) is 7.11 Å². The van der Waals surface area contributed by atoms with Crippen LogP contribution in [0.5, 0.6) is 0 Å². The molecule has 0 bridgehead atoms. The highest BCUT2D eigenvalue weighted by Crippen LogP contribution is 2.16. The van der Waals surface area contributed by atoms with E-state index in [9.17, 15) is 4.79 Å². The second kappa shape index (κ2) is 5.35. The Morgan fingerprint density at radius 3 is 2.64 bits per heavy atom. The molecule has 0 spiro atoms. The van der Waals surface area contributed by atoms with E-state index in [0.717, 1.165) is 12.8 Å². The molecule has 0 aromatic heterocycles. The van der Waals surface area contributed by atoms with E-state index >= 15 is 0 Å². The first-order valence-corrected chi connectivity index (χ1v) is 4.46. The smallest absolute Gasteiger partial charge is 0.334 e. The number of esters is 1. The third-order valence-corrected chi connectivity index (χ3v) is 2.38. The van der Waals surface area contributed by atoms with Gasteiger partial charge in [-0.25, -0.2) is 4.79 Å². The number of hydrogen-bond acceptors (Lipinski definition) is 2. The molecule has 0 heterocycles. The van der Waals surface area contributed by atoms with Crippen molar-refractivity contribution in [3.63, 3.8) is 0 Å². The third kappa shape index (κ3) is 3.56. The Morgan fingerprint density at radius 2 is 2.27 bits per heavy atom. The number of carbonyl (C=O) groups is 1. The largest absolute Gasteiger partial charge is 0.466 e. The maximum atomic E-state index is 10.9. The van der Waals surface area contributed by atoms with Crippen molar-refractivity contribution in [3.05, 3.63) is 12.2 Å². The normalized spacial score (nSPS) is 12.3. The fourth-order valence-electron chi connectivity index (χ4n) is 0.687. The molecule has 0 rings (SSSR count). The zero-order chi connectivity index (χ0) is 8.85. The predicted octanol–water partition coefficient (Wildman–Crippen LogP) is 2.28. The minimum absolute atomic E-state index is 0.0555. The molecule has 0 amide bonds. The summed E-state index contributed by atoms with van der Waals surface area (Å²) in [6, 6.07) is 0. The summed E-state index contributed by atoms with van der Waals surface area (Å²) in [5.74, 6) is -0.333. The molecular weight excluding hydrogens is 208 g/mol. The number of hydrogen-bond donors (Lipinski definition) is 0. The van der Waals surface area contributed by atoms with Gasteiger partial charge in [-0.15, -0.1) is 0 Å². The van der Waals surface area contributed by atoms with Gasteiger partial charge in [0.15, 0.2) is 0 Å². The molecule has 0 aliphatic heterocycles. The molecule has 0 N–H and O–H groups in total. The highest BCUT2D eigenvalue weighted by Gasteiger charge is 2.14. The van der Waals surface area contributed by atoms with Gasteiger partial charge in [-0.1, -0.05) is 35.9 Å². The lowest BCUT2D eigenvalue weighted by Gasteiger charge is -2.08. The molecule has 0 radical (unpaired) electrons. The van der Waals surface area contributed by atoms with Gasteiger partial charge in [-0.3, -0.25) is 0 Å². The second-order valence-corrected chi connectivity index (χ2v) is 3.38. The molecule has 2 nitrogen and oxygen atoms in total. The van der Waals surface area contributed by atoms with E-state index < -0.39 is 0 Å². The molecule has 0 saturated heterocycles. The minimum atomic E-state index is -0.333. The molecule has 64 valence electrons. The van der Waals surface area contributed by atoms with E-state index in [4.69, 9.17) is 0 Å². The van der Waals surface area contributed by atoms with E-state index in [1.807, 2.05) is 0 Å². The van der Waals surface area contributed by atoms with Gasteiger partial charge in [-0.05, 0) is 6.42 Å². The fraction of sp³-hybridized carbons (Fsp3) is 0.625. The Hall–Kier alpha value is -0.310. The van der Waals surface area contributed by atoms with Gasteiger partial charge >= 0.3 is 5.97 Å². The highest BCUT2D eigenvalue weighted by molar-refractivity contribution is 9.09. The molecule has 1 unspecified atom stereocenters. The maximum absolute atomic E-state index is 10.9. The summed E-state index contributed by atoms with van der Waals surface area (Å²) in [5.41, 5.74) is 0.495. The van der Waals surface area contributed by atoms with Crippen LogP contribution in [0.1, 0.15) is 19.8 Å². The first-order chi connectivity index (χ1) is 5.13. The maximum Gasteiger partial charge on any atom is 0.334 e. The topological polar surface area (TPSA) is 26.3 Å². The van der Waals surface area contributed by atoms with E-state index in [0.29, 0.717) is 5.57 Å². The number of methoxy groups -OCH3 is 1. The molecule has 3 heteroatoms. The van der Waals surface area contributed by atoms with Crippen LogP contribution in [0.25, 0.3) is 0 Å². The van der Waals surface area contributed by atoms with Gasteiger partial charge in [0.05, 0.1) is 7.11 Å². The molecule has 0 saturated carbocycles. The summed E-state index contributed by atoms with van der Waals surface area (Å²) in [6.07, 6.45) is 1.93. The van der Waals surface area contributed by atoms with Crippen LogP contribution in [-0.4, -0.2) is 17.9 Å². The van der Waals surface area contributed by atoms with Crippen LogP contribution in [0.4, 0.5) is 0 Å². The van der Waals surface area contributed by atoms with Crippen LogP contribution in [-0.2, 0) is 9.53 Å². The van der Waals surface area contributed by atoms with Crippen molar-refractivity contribution >= 4 is 21.9 Å². The highest BCUT2D eigenvalue weighted by atomic mass is 79.9. The lowest BCUT2D eigenvalue weighted by Crippen LogP contribution is -2.12. The van der Waals surface area contributed by atoms with Crippen LogP contribution in [0.3, 0.4) is 0 Å². The summed E-state index contributed by atoms with van der Waals surface area (Å²) in [6.45, 7) is 5.68. The van der Waals surface area contributed by atoms with Crippen LogP contribution in [0.2, 0.25) is 0 Å². The molecule has 0 aromatic carbocycles. The average Bonchev–Trinajstić information content (AvgIpc) is 2.02. The summed E-state index contributed by atoms with van der Waals surface area (Å²) in [4.78, 5) is 10.9. The summed E-state index contributed by atoms with van der Waals surface area (Å²) >= 11 is 3.34. The van der Waals surface area contributed by atoms with Crippen molar-refractivity contribution in [2.24, 2.45) is 0 Å². The number of alkyl halides is 1. The van der Waals surface area contributed by atoms with Gasteiger partial charge in [0.1, 0.15) is 0 Å². The standard InChI is InChI=1S/C8H13BrO2/c1-4-5-7(9)6(2)8(10)11-3/h7H,2,4-5H2,1,3H3. The van der Waals surface area contributed by atoms with E-state index in [1.165, 1.54) is 7.11 Å². The Kier molecular flexibility index (Phi) is 5.20.